The molecule has 1 amide bonds. The highest BCUT2D eigenvalue weighted by molar-refractivity contribution is 5.68. The molecule has 1 aliphatic rings. The number of amides is 1. The molecule has 1 rings (SSSR count). The number of hydrogen-bond donors (Lipinski definition) is 0. The summed E-state index contributed by atoms with van der Waals surface area (Å²) in [5.74, 6) is 0. The van der Waals surface area contributed by atoms with Gasteiger partial charge < -0.3 is 9.47 Å². The molecule has 0 aliphatic carbocycles. The predicted octanol–water partition coefficient (Wildman–Crippen LogP) is 0.862. The van der Waals surface area contributed by atoms with Crippen molar-refractivity contribution in [1.29, 1.82) is 0 Å². The lowest BCUT2D eigenvalue weighted by molar-refractivity contribution is -0.0295. The van der Waals surface area contributed by atoms with E-state index < -0.39 is 0 Å². The van der Waals surface area contributed by atoms with Crippen LogP contribution in [0, 0.1) is 0 Å². The first kappa shape index (κ1) is 9.32. The Labute approximate surface area is 72.4 Å². The van der Waals surface area contributed by atoms with E-state index in [0.29, 0.717) is 13.2 Å². The number of ether oxygens (including phenoxy) is 2. The normalized spacial score (nSPS) is 30.1. The fraction of sp³-hybridized carbons (Fsp3) is 0.875. The summed E-state index contributed by atoms with van der Waals surface area (Å²) in [5, 5.41) is 0. The van der Waals surface area contributed by atoms with Crippen LogP contribution in [0.1, 0.15) is 13.8 Å². The average Bonchev–Trinajstić information content (AvgIpc) is 2.03. The SMILES string of the molecule is COC(=O)N1C(C)COCC1C. The molecule has 0 saturated carbocycles. The van der Waals surface area contributed by atoms with E-state index in [1.54, 1.807) is 4.90 Å². The van der Waals surface area contributed by atoms with Crippen molar-refractivity contribution >= 4 is 6.09 Å². The summed E-state index contributed by atoms with van der Waals surface area (Å²) in [6.07, 6.45) is -0.265. The smallest absolute Gasteiger partial charge is 0.410 e. The number of rotatable bonds is 0. The van der Waals surface area contributed by atoms with E-state index in [1.807, 2.05) is 13.8 Å². The number of morpholine rings is 1. The van der Waals surface area contributed by atoms with Crippen molar-refractivity contribution in [3.8, 4) is 0 Å². The molecule has 1 fully saturated rings. The van der Waals surface area contributed by atoms with Gasteiger partial charge in [-0.2, -0.15) is 0 Å². The lowest BCUT2D eigenvalue weighted by Gasteiger charge is -2.37. The molecule has 0 radical (unpaired) electrons. The quantitative estimate of drug-likeness (QED) is 0.545. The molecule has 4 heteroatoms. The van der Waals surface area contributed by atoms with Crippen LogP contribution in [0.3, 0.4) is 0 Å². The van der Waals surface area contributed by atoms with Crippen molar-refractivity contribution in [2.45, 2.75) is 25.9 Å². The molecule has 0 aromatic rings. The lowest BCUT2D eigenvalue weighted by Crippen LogP contribution is -2.52. The van der Waals surface area contributed by atoms with Crippen molar-refractivity contribution in [3.63, 3.8) is 0 Å². The summed E-state index contributed by atoms with van der Waals surface area (Å²) in [4.78, 5) is 12.9. The Balaban J connectivity index is 2.62. The maximum Gasteiger partial charge on any atom is 0.410 e. The van der Waals surface area contributed by atoms with Gasteiger partial charge in [0.15, 0.2) is 0 Å². The molecule has 1 aliphatic heterocycles. The first-order valence-corrected chi connectivity index (χ1v) is 4.11. The van der Waals surface area contributed by atoms with Crippen LogP contribution < -0.4 is 0 Å². The van der Waals surface area contributed by atoms with Gasteiger partial charge in [0.25, 0.3) is 0 Å². The van der Waals surface area contributed by atoms with Gasteiger partial charge in [0.2, 0.25) is 0 Å². The molecule has 0 bridgehead atoms. The summed E-state index contributed by atoms with van der Waals surface area (Å²) < 4.78 is 9.93. The van der Waals surface area contributed by atoms with Gasteiger partial charge in [-0.3, -0.25) is 4.90 Å². The second kappa shape index (κ2) is 3.76. The van der Waals surface area contributed by atoms with Gasteiger partial charge in [-0.15, -0.1) is 0 Å². The van der Waals surface area contributed by atoms with Gasteiger partial charge in [-0.25, -0.2) is 4.79 Å². The third kappa shape index (κ3) is 1.69. The van der Waals surface area contributed by atoms with Gasteiger partial charge >= 0.3 is 6.09 Å². The van der Waals surface area contributed by atoms with Gasteiger partial charge in [-0.1, -0.05) is 0 Å². The Bertz CT molecular complexity index is 162. The van der Waals surface area contributed by atoms with Crippen LogP contribution >= 0.6 is 0 Å². The Morgan fingerprint density at radius 1 is 1.42 bits per heavy atom. The summed E-state index contributed by atoms with van der Waals surface area (Å²) >= 11 is 0. The van der Waals surface area contributed by atoms with Crippen LogP contribution in [0.15, 0.2) is 0 Å². The van der Waals surface area contributed by atoms with Gasteiger partial charge in [0, 0.05) is 0 Å². The average molecular weight is 173 g/mol. The first-order valence-electron chi connectivity index (χ1n) is 4.11. The third-order valence-electron chi connectivity index (χ3n) is 2.05. The molecular formula is C8H15NO3. The highest BCUT2D eigenvalue weighted by Gasteiger charge is 2.29. The molecule has 0 spiro atoms. The molecular weight excluding hydrogens is 158 g/mol. The van der Waals surface area contributed by atoms with E-state index >= 15 is 0 Å². The Morgan fingerprint density at radius 3 is 2.33 bits per heavy atom. The Hall–Kier alpha value is -0.770. The van der Waals surface area contributed by atoms with Crippen molar-refractivity contribution in [2.75, 3.05) is 20.3 Å². The predicted molar refractivity (Wildman–Crippen MR) is 44.0 cm³/mol. The molecule has 70 valence electrons. The van der Waals surface area contributed by atoms with Crippen LogP contribution in [0.25, 0.3) is 0 Å². The largest absolute Gasteiger partial charge is 0.453 e. The fourth-order valence-corrected chi connectivity index (χ4v) is 1.47. The number of carbonyl (C=O) groups excluding carboxylic acids is 1. The lowest BCUT2D eigenvalue weighted by atomic mass is 10.2. The number of hydrogen-bond acceptors (Lipinski definition) is 3. The minimum atomic E-state index is -0.265. The maximum atomic E-state index is 11.2. The van der Waals surface area contributed by atoms with Crippen molar-refractivity contribution < 1.29 is 14.3 Å². The maximum absolute atomic E-state index is 11.2. The molecule has 1 saturated heterocycles. The summed E-state index contributed by atoms with van der Waals surface area (Å²) in [5.41, 5.74) is 0. The molecule has 4 nitrogen and oxygen atoms in total. The van der Waals surface area contributed by atoms with E-state index in [2.05, 4.69) is 4.74 Å². The van der Waals surface area contributed by atoms with Gasteiger partial charge in [0.05, 0.1) is 32.4 Å². The molecule has 1 heterocycles. The van der Waals surface area contributed by atoms with Crippen LogP contribution in [0.5, 0.6) is 0 Å². The molecule has 12 heavy (non-hydrogen) atoms. The molecule has 0 aromatic heterocycles. The van der Waals surface area contributed by atoms with Crippen LogP contribution in [-0.4, -0.2) is 43.4 Å². The van der Waals surface area contributed by atoms with E-state index in [0.717, 1.165) is 0 Å². The molecule has 0 aromatic carbocycles. The van der Waals surface area contributed by atoms with Crippen LogP contribution in [-0.2, 0) is 9.47 Å². The fourth-order valence-electron chi connectivity index (χ4n) is 1.47. The zero-order valence-corrected chi connectivity index (χ0v) is 7.74. The highest BCUT2D eigenvalue weighted by atomic mass is 16.5. The zero-order valence-electron chi connectivity index (χ0n) is 7.74. The van der Waals surface area contributed by atoms with E-state index in [4.69, 9.17) is 4.74 Å². The summed E-state index contributed by atoms with van der Waals surface area (Å²) in [7, 11) is 1.40. The van der Waals surface area contributed by atoms with E-state index in [1.165, 1.54) is 7.11 Å². The van der Waals surface area contributed by atoms with E-state index in [-0.39, 0.29) is 18.2 Å². The monoisotopic (exact) mass is 173 g/mol. The minimum Gasteiger partial charge on any atom is -0.453 e. The molecule has 2 atom stereocenters. The van der Waals surface area contributed by atoms with Crippen LogP contribution in [0.2, 0.25) is 0 Å². The van der Waals surface area contributed by atoms with Gasteiger partial charge in [-0.05, 0) is 13.8 Å². The van der Waals surface area contributed by atoms with Gasteiger partial charge in [0.1, 0.15) is 0 Å². The molecule has 0 N–H and O–H groups in total. The van der Waals surface area contributed by atoms with Crippen molar-refractivity contribution in [3.05, 3.63) is 0 Å². The Kier molecular flexibility index (Phi) is 2.92. The van der Waals surface area contributed by atoms with Crippen molar-refractivity contribution in [2.24, 2.45) is 0 Å². The second-order valence-corrected chi connectivity index (χ2v) is 3.11. The molecule has 2 unspecified atom stereocenters. The number of nitrogens with zero attached hydrogens (tertiary/aromatic N) is 1. The highest BCUT2D eigenvalue weighted by Crippen LogP contribution is 2.13. The van der Waals surface area contributed by atoms with Crippen molar-refractivity contribution in [1.82, 2.24) is 4.90 Å². The van der Waals surface area contributed by atoms with E-state index in [9.17, 15) is 4.79 Å². The topological polar surface area (TPSA) is 38.8 Å². The summed E-state index contributed by atoms with van der Waals surface area (Å²) in [6.45, 7) is 5.10. The minimum absolute atomic E-state index is 0.112. The standard InChI is InChI=1S/C8H15NO3/c1-6-4-12-5-7(2)9(6)8(10)11-3/h6-7H,4-5H2,1-3H3. The second-order valence-electron chi connectivity index (χ2n) is 3.11. The first-order chi connectivity index (χ1) is 5.66. The number of carbonyl (C=O) groups is 1. The summed E-state index contributed by atoms with van der Waals surface area (Å²) in [6, 6.07) is 0.224. The Morgan fingerprint density at radius 2 is 1.92 bits per heavy atom. The third-order valence-corrected chi connectivity index (χ3v) is 2.05. The van der Waals surface area contributed by atoms with Crippen LogP contribution in [0.4, 0.5) is 4.79 Å². The number of methoxy groups -OCH3 is 1. The zero-order chi connectivity index (χ0) is 9.14.